The number of amides is 1. The average molecular weight is 291 g/mol. The van der Waals surface area contributed by atoms with E-state index in [4.69, 9.17) is 10.6 Å². The van der Waals surface area contributed by atoms with Crippen molar-refractivity contribution in [2.75, 3.05) is 6.61 Å². The maximum atomic E-state index is 11.9. The predicted octanol–water partition coefficient (Wildman–Crippen LogP) is 1.57. The number of thioether (sulfide) groups is 1. The molecule has 1 heterocycles. The highest BCUT2D eigenvalue weighted by atomic mass is 32.2. The molecule has 2 rings (SSSR count). The van der Waals surface area contributed by atoms with Crippen LogP contribution in [0.5, 0.6) is 0 Å². The highest BCUT2D eigenvalue weighted by Gasteiger charge is 2.32. The first-order chi connectivity index (χ1) is 9.61. The molecule has 1 aromatic rings. The third-order valence-electron chi connectivity index (χ3n) is 2.35. The number of nitrogens with zero attached hydrogens (tertiary/aromatic N) is 2. The summed E-state index contributed by atoms with van der Waals surface area (Å²) in [6.07, 6.45) is 1.13. The highest BCUT2D eigenvalue weighted by Crippen LogP contribution is 2.30. The Bertz CT molecular complexity index is 584. The molecular formula is C13H13N3O3S. The van der Waals surface area contributed by atoms with E-state index in [9.17, 15) is 9.59 Å². The Hall–Kier alpha value is -2.12. The molecule has 1 saturated heterocycles. The minimum absolute atomic E-state index is 0.195. The highest BCUT2D eigenvalue weighted by molar-refractivity contribution is 8.18. The van der Waals surface area contributed by atoms with Gasteiger partial charge in [0, 0.05) is 6.08 Å². The summed E-state index contributed by atoms with van der Waals surface area (Å²) in [5.41, 5.74) is 0.677. The van der Waals surface area contributed by atoms with Gasteiger partial charge in [0.25, 0.3) is 5.91 Å². The zero-order chi connectivity index (χ0) is 14.5. The zero-order valence-electron chi connectivity index (χ0n) is 10.8. The molecule has 0 bridgehead atoms. The lowest BCUT2D eigenvalue weighted by molar-refractivity contribution is -0.137. The second-order valence-corrected chi connectivity index (χ2v) is 4.78. The van der Waals surface area contributed by atoms with Crippen LogP contribution in [0.15, 0.2) is 46.3 Å². The molecule has 0 aliphatic carbocycles. The third-order valence-corrected chi connectivity index (χ3v) is 3.34. The van der Waals surface area contributed by atoms with Crippen LogP contribution in [-0.2, 0) is 14.3 Å². The maximum absolute atomic E-state index is 11.9. The summed E-state index contributed by atoms with van der Waals surface area (Å²) in [7, 11) is 0. The molecular weight excluding hydrogens is 278 g/mol. The Labute approximate surface area is 120 Å². The molecule has 1 fully saturated rings. The number of rotatable bonds is 3. The Morgan fingerprint density at radius 2 is 2.15 bits per heavy atom. The summed E-state index contributed by atoms with van der Waals surface area (Å²) in [6.45, 7) is 1.94. The number of nitrogens with two attached hydrogens (primary N) is 1. The molecule has 0 atom stereocenters. The second kappa shape index (κ2) is 6.36. The fourth-order valence-corrected chi connectivity index (χ4v) is 2.34. The molecule has 7 heteroatoms. The van der Waals surface area contributed by atoms with Crippen molar-refractivity contribution in [2.24, 2.45) is 10.8 Å². The van der Waals surface area contributed by atoms with Gasteiger partial charge in [-0.2, -0.15) is 0 Å². The van der Waals surface area contributed by atoms with Crippen molar-refractivity contribution in [2.45, 2.75) is 6.92 Å². The van der Waals surface area contributed by atoms with E-state index in [0.29, 0.717) is 10.9 Å². The molecule has 0 spiro atoms. The zero-order valence-corrected chi connectivity index (χ0v) is 11.6. The monoisotopic (exact) mass is 291 g/mol. The minimum Gasteiger partial charge on any atom is -0.463 e. The van der Waals surface area contributed by atoms with Crippen molar-refractivity contribution in [1.82, 2.24) is 5.01 Å². The number of amidine groups is 1. The van der Waals surface area contributed by atoms with Crippen molar-refractivity contribution in [1.29, 1.82) is 0 Å². The van der Waals surface area contributed by atoms with Gasteiger partial charge in [-0.3, -0.25) is 4.79 Å². The SMILES string of the molecule is CCOC(=O)/C=C1/SC(=Nc2ccccc2)N(N)C1=O. The largest absolute Gasteiger partial charge is 0.463 e. The normalized spacial score (nSPS) is 18.9. The first kappa shape index (κ1) is 14.3. The van der Waals surface area contributed by atoms with Crippen molar-refractivity contribution < 1.29 is 14.3 Å². The predicted molar refractivity (Wildman–Crippen MR) is 76.9 cm³/mol. The summed E-state index contributed by atoms with van der Waals surface area (Å²) in [6, 6.07) is 9.11. The van der Waals surface area contributed by atoms with E-state index < -0.39 is 11.9 Å². The van der Waals surface area contributed by atoms with Crippen LogP contribution in [-0.4, -0.2) is 28.7 Å². The van der Waals surface area contributed by atoms with Gasteiger partial charge in [0.1, 0.15) is 0 Å². The Balaban J connectivity index is 2.21. The number of aliphatic imine (C=N–C) groups is 1. The summed E-state index contributed by atoms with van der Waals surface area (Å²) in [5.74, 6) is 4.60. The minimum atomic E-state index is -0.572. The number of hydrazine groups is 1. The molecule has 2 N–H and O–H groups in total. The topological polar surface area (TPSA) is 85.0 Å². The molecule has 1 aliphatic heterocycles. The summed E-state index contributed by atoms with van der Waals surface area (Å²) < 4.78 is 4.76. The fraction of sp³-hybridized carbons (Fsp3) is 0.154. The summed E-state index contributed by atoms with van der Waals surface area (Å²) >= 11 is 1.04. The number of carbonyl (C=O) groups is 2. The Morgan fingerprint density at radius 3 is 2.80 bits per heavy atom. The number of ether oxygens (including phenoxy) is 1. The van der Waals surface area contributed by atoms with Gasteiger partial charge in [-0.05, 0) is 30.8 Å². The molecule has 20 heavy (non-hydrogen) atoms. The number of hydrogen-bond donors (Lipinski definition) is 1. The Morgan fingerprint density at radius 1 is 1.45 bits per heavy atom. The smallest absolute Gasteiger partial charge is 0.332 e. The number of carbonyl (C=O) groups excluding carboxylic acids is 2. The molecule has 104 valence electrons. The first-order valence-corrected chi connectivity index (χ1v) is 6.72. The van der Waals surface area contributed by atoms with Gasteiger partial charge in [-0.25, -0.2) is 20.6 Å². The van der Waals surface area contributed by atoms with Crippen LogP contribution >= 0.6 is 11.8 Å². The van der Waals surface area contributed by atoms with Gasteiger partial charge in [0.05, 0.1) is 17.2 Å². The molecule has 1 amide bonds. The van der Waals surface area contributed by atoms with Crippen LogP contribution in [0.25, 0.3) is 0 Å². The average Bonchev–Trinajstić information content (AvgIpc) is 2.69. The first-order valence-electron chi connectivity index (χ1n) is 5.91. The molecule has 0 aromatic heterocycles. The van der Waals surface area contributed by atoms with Gasteiger partial charge in [0.15, 0.2) is 5.17 Å². The van der Waals surface area contributed by atoms with Gasteiger partial charge in [0.2, 0.25) is 0 Å². The van der Waals surface area contributed by atoms with Crippen molar-refractivity contribution in [3.8, 4) is 0 Å². The van der Waals surface area contributed by atoms with Crippen LogP contribution < -0.4 is 5.84 Å². The number of esters is 1. The maximum Gasteiger partial charge on any atom is 0.332 e. The van der Waals surface area contributed by atoms with E-state index >= 15 is 0 Å². The van der Waals surface area contributed by atoms with E-state index in [1.165, 1.54) is 0 Å². The second-order valence-electron chi connectivity index (χ2n) is 3.77. The van der Waals surface area contributed by atoms with Crippen LogP contribution in [0.3, 0.4) is 0 Å². The molecule has 0 unspecified atom stereocenters. The number of para-hydroxylation sites is 1. The van der Waals surface area contributed by atoms with E-state index in [-0.39, 0.29) is 11.5 Å². The van der Waals surface area contributed by atoms with Gasteiger partial charge < -0.3 is 4.74 Å². The third kappa shape index (κ3) is 3.25. The quantitative estimate of drug-likeness (QED) is 0.395. The molecule has 1 aromatic carbocycles. The van der Waals surface area contributed by atoms with Crippen molar-refractivity contribution >= 4 is 34.5 Å². The van der Waals surface area contributed by atoms with E-state index in [0.717, 1.165) is 22.8 Å². The van der Waals surface area contributed by atoms with Crippen LogP contribution in [0.1, 0.15) is 6.92 Å². The lowest BCUT2D eigenvalue weighted by Gasteiger charge is -2.06. The lowest BCUT2D eigenvalue weighted by atomic mass is 10.3. The summed E-state index contributed by atoms with van der Waals surface area (Å²) in [5, 5.41) is 1.24. The van der Waals surface area contributed by atoms with Crippen LogP contribution in [0.4, 0.5) is 5.69 Å². The van der Waals surface area contributed by atoms with Crippen LogP contribution in [0.2, 0.25) is 0 Å². The molecule has 0 radical (unpaired) electrons. The number of benzene rings is 1. The molecule has 6 nitrogen and oxygen atoms in total. The lowest BCUT2D eigenvalue weighted by Crippen LogP contribution is -2.35. The standard InChI is InChI=1S/C13H13N3O3S/c1-2-19-11(17)8-10-12(18)16(14)13(20-10)15-9-6-4-3-5-7-9/h3-8H,2,14H2,1H3/b10-8+,15-13?. The molecule has 1 aliphatic rings. The number of hydrogen-bond acceptors (Lipinski definition) is 6. The van der Waals surface area contributed by atoms with E-state index in [1.54, 1.807) is 19.1 Å². The van der Waals surface area contributed by atoms with Crippen molar-refractivity contribution in [3.05, 3.63) is 41.3 Å². The van der Waals surface area contributed by atoms with E-state index in [1.807, 2.05) is 18.2 Å². The Kier molecular flexibility index (Phi) is 4.54. The van der Waals surface area contributed by atoms with Gasteiger partial charge in [-0.15, -0.1) is 0 Å². The van der Waals surface area contributed by atoms with Gasteiger partial charge in [-0.1, -0.05) is 18.2 Å². The fourth-order valence-electron chi connectivity index (χ4n) is 1.47. The van der Waals surface area contributed by atoms with Crippen molar-refractivity contribution in [3.63, 3.8) is 0 Å². The van der Waals surface area contributed by atoms with Crippen LogP contribution in [0, 0.1) is 0 Å². The molecule has 0 saturated carbocycles. The van der Waals surface area contributed by atoms with Gasteiger partial charge >= 0.3 is 5.97 Å². The summed E-state index contributed by atoms with van der Waals surface area (Å²) in [4.78, 5) is 27.7. The van der Waals surface area contributed by atoms with E-state index in [2.05, 4.69) is 4.99 Å².